The van der Waals surface area contributed by atoms with Crippen LogP contribution in [-0.4, -0.2) is 22.0 Å². The van der Waals surface area contributed by atoms with E-state index in [0.717, 1.165) is 24.8 Å². The summed E-state index contributed by atoms with van der Waals surface area (Å²) in [7, 11) is 0. The maximum atomic E-state index is 12.5. The molecule has 2 aliphatic carbocycles. The van der Waals surface area contributed by atoms with Crippen molar-refractivity contribution < 1.29 is 14.7 Å². The molecule has 5 heteroatoms. The van der Waals surface area contributed by atoms with Gasteiger partial charge in [-0.2, -0.15) is 0 Å². The molecule has 112 valence electrons. The molecule has 1 aromatic heterocycles. The number of carbonyl (C=O) groups is 2. The van der Waals surface area contributed by atoms with E-state index >= 15 is 0 Å². The summed E-state index contributed by atoms with van der Waals surface area (Å²) < 4.78 is 0. The van der Waals surface area contributed by atoms with E-state index < -0.39 is 11.9 Å². The number of carboxylic acid groups (broad SMARTS) is 1. The molecule has 2 fully saturated rings. The summed E-state index contributed by atoms with van der Waals surface area (Å²) in [5, 5.41) is 12.4. The second-order valence-electron chi connectivity index (χ2n) is 6.23. The van der Waals surface area contributed by atoms with Crippen LogP contribution in [0.1, 0.15) is 37.8 Å². The Bertz CT molecular complexity index is 546. The lowest BCUT2D eigenvalue weighted by Crippen LogP contribution is -2.42. The first-order valence-corrected chi connectivity index (χ1v) is 7.51. The predicted octanol–water partition coefficient (Wildman–Crippen LogP) is 2.01. The summed E-state index contributed by atoms with van der Waals surface area (Å²) >= 11 is 0. The molecule has 0 saturated heterocycles. The molecule has 0 radical (unpaired) electrons. The second kappa shape index (κ2) is 5.47. The van der Waals surface area contributed by atoms with Gasteiger partial charge in [-0.1, -0.05) is 0 Å². The number of amides is 1. The third-order valence-corrected chi connectivity index (χ3v) is 5.07. The van der Waals surface area contributed by atoms with Gasteiger partial charge in [0.05, 0.1) is 17.9 Å². The van der Waals surface area contributed by atoms with Gasteiger partial charge in [0.15, 0.2) is 0 Å². The van der Waals surface area contributed by atoms with Crippen LogP contribution < -0.4 is 5.32 Å². The van der Waals surface area contributed by atoms with Gasteiger partial charge in [0.25, 0.3) is 0 Å². The number of nitrogens with zero attached hydrogens (tertiary/aromatic N) is 1. The summed E-state index contributed by atoms with van der Waals surface area (Å²) in [6, 6.07) is 3.59. The Labute approximate surface area is 123 Å². The van der Waals surface area contributed by atoms with E-state index in [-0.39, 0.29) is 29.7 Å². The number of aliphatic carboxylic acids is 1. The second-order valence-corrected chi connectivity index (χ2v) is 6.23. The molecule has 21 heavy (non-hydrogen) atoms. The Morgan fingerprint density at radius 3 is 2.48 bits per heavy atom. The van der Waals surface area contributed by atoms with Gasteiger partial charge in [0, 0.05) is 12.4 Å². The van der Waals surface area contributed by atoms with Crippen molar-refractivity contribution in [1.29, 1.82) is 0 Å². The maximum absolute atomic E-state index is 12.5. The normalized spacial score (nSPS) is 31.9. The van der Waals surface area contributed by atoms with Crippen LogP contribution in [0.5, 0.6) is 0 Å². The first kappa shape index (κ1) is 14.0. The standard InChI is InChI=1S/C16H20N2O3/c1-9(10-4-6-17-7-5-10)18-15(19)13-11-2-3-12(8-11)14(13)16(20)21/h4-7,9,11-14H,2-3,8H2,1H3,(H,18,19)(H,20,21). The first-order valence-electron chi connectivity index (χ1n) is 7.51. The first-order chi connectivity index (χ1) is 10.1. The molecule has 5 atom stereocenters. The van der Waals surface area contributed by atoms with Gasteiger partial charge < -0.3 is 10.4 Å². The number of pyridine rings is 1. The van der Waals surface area contributed by atoms with Crippen molar-refractivity contribution >= 4 is 11.9 Å². The maximum Gasteiger partial charge on any atom is 0.307 e. The van der Waals surface area contributed by atoms with Crippen molar-refractivity contribution in [3.63, 3.8) is 0 Å². The van der Waals surface area contributed by atoms with Gasteiger partial charge in [-0.25, -0.2) is 0 Å². The molecule has 1 aromatic rings. The van der Waals surface area contributed by atoms with E-state index in [2.05, 4.69) is 10.3 Å². The van der Waals surface area contributed by atoms with Gasteiger partial charge in [0.1, 0.15) is 0 Å². The monoisotopic (exact) mass is 288 g/mol. The van der Waals surface area contributed by atoms with Crippen LogP contribution >= 0.6 is 0 Å². The minimum atomic E-state index is -0.820. The van der Waals surface area contributed by atoms with Crippen molar-refractivity contribution in [2.24, 2.45) is 23.7 Å². The van der Waals surface area contributed by atoms with Crippen LogP contribution in [0.4, 0.5) is 0 Å². The van der Waals surface area contributed by atoms with Crippen molar-refractivity contribution in [2.75, 3.05) is 0 Å². The number of hydrogen-bond donors (Lipinski definition) is 2. The molecule has 0 spiro atoms. The summed E-state index contributed by atoms with van der Waals surface area (Å²) in [5.41, 5.74) is 0.980. The fourth-order valence-electron chi connectivity index (χ4n) is 4.07. The number of aromatic nitrogens is 1. The number of carboxylic acids is 1. The van der Waals surface area contributed by atoms with Crippen molar-refractivity contribution in [2.45, 2.75) is 32.2 Å². The number of carbonyl (C=O) groups excluding carboxylic acids is 1. The van der Waals surface area contributed by atoms with Crippen LogP contribution in [0.25, 0.3) is 0 Å². The lowest BCUT2D eigenvalue weighted by Gasteiger charge is -2.28. The molecule has 2 aliphatic rings. The fraction of sp³-hybridized carbons (Fsp3) is 0.562. The predicted molar refractivity (Wildman–Crippen MR) is 76.2 cm³/mol. The molecule has 2 bridgehead atoms. The molecule has 0 aliphatic heterocycles. The molecule has 5 unspecified atom stereocenters. The van der Waals surface area contributed by atoms with E-state index in [0.29, 0.717) is 0 Å². The number of fused-ring (bicyclic) bond motifs is 2. The summed E-state index contributed by atoms with van der Waals surface area (Å²) in [4.78, 5) is 28.0. The van der Waals surface area contributed by atoms with E-state index in [4.69, 9.17) is 0 Å². The zero-order valence-electron chi connectivity index (χ0n) is 12.0. The minimum Gasteiger partial charge on any atom is -0.481 e. The van der Waals surface area contributed by atoms with Crippen molar-refractivity contribution in [3.05, 3.63) is 30.1 Å². The molecule has 1 amide bonds. The Balaban J connectivity index is 1.72. The zero-order chi connectivity index (χ0) is 15.0. The SMILES string of the molecule is CC(NC(=O)C1C2CCC(C2)C1C(=O)O)c1ccncc1. The van der Waals surface area contributed by atoms with E-state index in [1.54, 1.807) is 12.4 Å². The fourth-order valence-corrected chi connectivity index (χ4v) is 4.07. The van der Waals surface area contributed by atoms with Crippen LogP contribution in [0, 0.1) is 23.7 Å². The molecular formula is C16H20N2O3. The average Bonchev–Trinajstić information content (AvgIpc) is 3.08. The highest BCUT2D eigenvalue weighted by molar-refractivity contribution is 5.86. The van der Waals surface area contributed by atoms with Crippen LogP contribution in [-0.2, 0) is 9.59 Å². The molecular weight excluding hydrogens is 268 g/mol. The van der Waals surface area contributed by atoms with Crippen LogP contribution in [0.3, 0.4) is 0 Å². The lowest BCUT2D eigenvalue weighted by molar-refractivity contribution is -0.149. The Morgan fingerprint density at radius 2 is 1.86 bits per heavy atom. The molecule has 3 rings (SSSR count). The molecule has 2 N–H and O–H groups in total. The smallest absolute Gasteiger partial charge is 0.307 e. The van der Waals surface area contributed by atoms with Crippen LogP contribution in [0.15, 0.2) is 24.5 Å². The molecule has 1 heterocycles. The number of hydrogen-bond acceptors (Lipinski definition) is 3. The quantitative estimate of drug-likeness (QED) is 0.888. The highest BCUT2D eigenvalue weighted by atomic mass is 16.4. The van der Waals surface area contributed by atoms with Crippen molar-refractivity contribution in [3.8, 4) is 0 Å². The highest BCUT2D eigenvalue weighted by Crippen LogP contribution is 2.52. The summed E-state index contributed by atoms with van der Waals surface area (Å²) in [5.74, 6) is -1.39. The Hall–Kier alpha value is -1.91. The van der Waals surface area contributed by atoms with E-state index in [1.165, 1.54) is 0 Å². The highest BCUT2D eigenvalue weighted by Gasteiger charge is 2.54. The summed E-state index contributed by atoms with van der Waals surface area (Å²) in [6.07, 6.45) is 6.20. The molecule has 5 nitrogen and oxygen atoms in total. The zero-order valence-corrected chi connectivity index (χ0v) is 12.0. The van der Waals surface area contributed by atoms with Gasteiger partial charge >= 0.3 is 5.97 Å². The Kier molecular flexibility index (Phi) is 3.66. The number of nitrogens with one attached hydrogen (secondary N) is 1. The summed E-state index contributed by atoms with van der Waals surface area (Å²) in [6.45, 7) is 1.91. The van der Waals surface area contributed by atoms with E-state index in [9.17, 15) is 14.7 Å². The third-order valence-electron chi connectivity index (χ3n) is 5.07. The minimum absolute atomic E-state index is 0.112. The lowest BCUT2D eigenvalue weighted by atomic mass is 9.78. The van der Waals surface area contributed by atoms with Gasteiger partial charge in [0.2, 0.25) is 5.91 Å². The van der Waals surface area contributed by atoms with Gasteiger partial charge in [-0.3, -0.25) is 14.6 Å². The van der Waals surface area contributed by atoms with Crippen molar-refractivity contribution in [1.82, 2.24) is 10.3 Å². The average molecular weight is 288 g/mol. The Morgan fingerprint density at radius 1 is 1.24 bits per heavy atom. The number of rotatable bonds is 4. The van der Waals surface area contributed by atoms with Crippen LogP contribution in [0.2, 0.25) is 0 Å². The molecule has 2 saturated carbocycles. The largest absolute Gasteiger partial charge is 0.481 e. The van der Waals surface area contributed by atoms with Gasteiger partial charge in [-0.15, -0.1) is 0 Å². The molecule has 0 aromatic carbocycles. The van der Waals surface area contributed by atoms with E-state index in [1.807, 2.05) is 19.1 Å². The third kappa shape index (κ3) is 2.52. The topological polar surface area (TPSA) is 79.3 Å². The van der Waals surface area contributed by atoms with Gasteiger partial charge in [-0.05, 0) is 55.7 Å².